The summed E-state index contributed by atoms with van der Waals surface area (Å²) >= 11 is 0. The number of esters is 1. The van der Waals surface area contributed by atoms with Crippen LogP contribution in [0, 0.1) is 5.92 Å². The summed E-state index contributed by atoms with van der Waals surface area (Å²) in [5.41, 5.74) is -1.28. The molecule has 0 radical (unpaired) electrons. The third kappa shape index (κ3) is 2.05. The van der Waals surface area contributed by atoms with E-state index in [1.54, 1.807) is 30.3 Å². The van der Waals surface area contributed by atoms with Crippen LogP contribution in [-0.4, -0.2) is 46.3 Å². The Morgan fingerprint density at radius 2 is 2.00 bits per heavy atom. The zero-order chi connectivity index (χ0) is 16.9. The van der Waals surface area contributed by atoms with Gasteiger partial charge in [0.15, 0.2) is 5.60 Å². The van der Waals surface area contributed by atoms with Crippen molar-refractivity contribution in [2.45, 2.75) is 24.2 Å². The van der Waals surface area contributed by atoms with Crippen LogP contribution in [0.1, 0.15) is 18.0 Å². The fourth-order valence-electron chi connectivity index (χ4n) is 3.43. The number of nitrogens with zero attached hydrogens (tertiary/aromatic N) is 1. The number of amides is 2. The lowest BCUT2D eigenvalue weighted by Crippen LogP contribution is -2.60. The number of benzene rings is 1. The molecule has 0 spiro atoms. The highest BCUT2D eigenvalue weighted by atomic mass is 16.6. The Balaban J connectivity index is 1.67. The molecule has 3 aliphatic heterocycles. The van der Waals surface area contributed by atoms with E-state index in [-0.39, 0.29) is 13.0 Å². The second kappa shape index (κ2) is 5.17. The molecule has 2 fully saturated rings. The molecule has 7 heteroatoms. The first-order valence-electron chi connectivity index (χ1n) is 7.68. The fraction of sp³-hybridized carbons (Fsp3) is 0.353. The molecule has 3 heterocycles. The van der Waals surface area contributed by atoms with E-state index >= 15 is 0 Å². The van der Waals surface area contributed by atoms with E-state index in [0.29, 0.717) is 0 Å². The molecule has 4 aliphatic rings. The molecule has 5 rings (SSSR count). The van der Waals surface area contributed by atoms with Crippen molar-refractivity contribution in [1.82, 2.24) is 4.90 Å². The summed E-state index contributed by atoms with van der Waals surface area (Å²) in [5, 5.41) is 10.6. The quantitative estimate of drug-likeness (QED) is 0.641. The first kappa shape index (κ1) is 14.9. The van der Waals surface area contributed by atoms with Crippen molar-refractivity contribution in [2.24, 2.45) is 5.92 Å². The Bertz CT molecular complexity index is 745. The van der Waals surface area contributed by atoms with Gasteiger partial charge in [0.05, 0.1) is 5.92 Å². The number of ether oxygens (including phenoxy) is 2. The zero-order valence-corrected chi connectivity index (χ0v) is 12.6. The molecular weight excluding hydrogens is 314 g/mol. The number of fused-ring (bicyclic) bond motifs is 2. The molecule has 1 aliphatic carbocycles. The average Bonchev–Trinajstić information content (AvgIpc) is 2.97. The molecule has 124 valence electrons. The molecule has 4 atom stereocenters. The maximum atomic E-state index is 13.0. The van der Waals surface area contributed by atoms with E-state index in [1.165, 1.54) is 6.08 Å². The number of cyclic esters (lactones) is 1. The van der Waals surface area contributed by atoms with Crippen LogP contribution < -0.4 is 0 Å². The number of carbonyl (C=O) groups is 3. The van der Waals surface area contributed by atoms with Crippen molar-refractivity contribution in [3.63, 3.8) is 0 Å². The average molecular weight is 329 g/mol. The minimum Gasteiger partial charge on any atom is -0.456 e. The first-order chi connectivity index (χ1) is 11.5. The fourth-order valence-corrected chi connectivity index (χ4v) is 3.43. The van der Waals surface area contributed by atoms with Crippen molar-refractivity contribution in [3.8, 4) is 0 Å². The lowest BCUT2D eigenvalue weighted by atomic mass is 9.75. The number of hydrogen-bond acceptors (Lipinski definition) is 6. The normalized spacial score (nSPS) is 34.2. The van der Waals surface area contributed by atoms with Gasteiger partial charge in [-0.05, 0) is 17.7 Å². The van der Waals surface area contributed by atoms with Crippen molar-refractivity contribution in [1.29, 1.82) is 0 Å². The van der Waals surface area contributed by atoms with Crippen LogP contribution in [0.15, 0.2) is 42.5 Å². The van der Waals surface area contributed by atoms with E-state index < -0.39 is 41.6 Å². The molecule has 7 nitrogen and oxygen atoms in total. The summed E-state index contributed by atoms with van der Waals surface area (Å²) in [4.78, 5) is 38.0. The van der Waals surface area contributed by atoms with E-state index in [1.807, 2.05) is 6.07 Å². The monoisotopic (exact) mass is 329 g/mol. The summed E-state index contributed by atoms with van der Waals surface area (Å²) in [7, 11) is 0. The van der Waals surface area contributed by atoms with Gasteiger partial charge in [-0.25, -0.2) is 14.5 Å². The molecule has 2 amide bonds. The van der Waals surface area contributed by atoms with E-state index in [0.717, 1.165) is 10.5 Å². The highest BCUT2D eigenvalue weighted by molar-refractivity contribution is 6.00. The minimum absolute atomic E-state index is 0.0451. The molecular formula is C17H15NO6. The lowest BCUT2D eigenvalue weighted by Gasteiger charge is -2.42. The summed E-state index contributed by atoms with van der Waals surface area (Å²) < 4.78 is 10.0. The van der Waals surface area contributed by atoms with Gasteiger partial charge in [-0.2, -0.15) is 0 Å². The SMILES string of the molecule is O=C1OC[C@H](c2ccccc2)N1C(=O)[C@H]1C[C@H]2C=C[C@]1(O)C(=O)O2. The maximum absolute atomic E-state index is 13.0. The molecule has 2 bridgehead atoms. The second-order valence-corrected chi connectivity index (χ2v) is 6.13. The molecule has 24 heavy (non-hydrogen) atoms. The van der Waals surface area contributed by atoms with Gasteiger partial charge in [0.2, 0.25) is 5.91 Å². The van der Waals surface area contributed by atoms with Crippen LogP contribution in [0.4, 0.5) is 4.79 Å². The maximum Gasteiger partial charge on any atom is 0.417 e. The number of carbonyl (C=O) groups excluding carboxylic acids is 3. The highest BCUT2D eigenvalue weighted by Crippen LogP contribution is 2.40. The predicted octanol–water partition coefficient (Wildman–Crippen LogP) is 0.939. The van der Waals surface area contributed by atoms with E-state index in [4.69, 9.17) is 9.47 Å². The van der Waals surface area contributed by atoms with E-state index in [9.17, 15) is 19.5 Å². The van der Waals surface area contributed by atoms with Crippen molar-refractivity contribution in [3.05, 3.63) is 48.0 Å². The molecule has 1 aromatic rings. The molecule has 0 saturated carbocycles. The van der Waals surface area contributed by atoms with Gasteiger partial charge in [-0.15, -0.1) is 0 Å². The Labute approximate surface area is 137 Å². The van der Waals surface area contributed by atoms with Crippen molar-refractivity contribution >= 4 is 18.0 Å². The van der Waals surface area contributed by atoms with Gasteiger partial charge in [0.25, 0.3) is 0 Å². The van der Waals surface area contributed by atoms with Crippen LogP contribution in [-0.2, 0) is 19.1 Å². The summed E-state index contributed by atoms with van der Waals surface area (Å²) in [6.45, 7) is 0.0451. The third-order valence-corrected chi connectivity index (χ3v) is 4.74. The van der Waals surface area contributed by atoms with Crippen LogP contribution in [0.25, 0.3) is 0 Å². The van der Waals surface area contributed by atoms with Crippen LogP contribution in [0.2, 0.25) is 0 Å². The van der Waals surface area contributed by atoms with E-state index in [2.05, 4.69) is 0 Å². The first-order valence-corrected chi connectivity index (χ1v) is 7.68. The van der Waals surface area contributed by atoms with Gasteiger partial charge in [-0.1, -0.05) is 30.3 Å². The second-order valence-electron chi connectivity index (χ2n) is 6.13. The summed E-state index contributed by atoms with van der Waals surface area (Å²) in [5.74, 6) is -2.55. The van der Waals surface area contributed by atoms with Crippen LogP contribution in [0.5, 0.6) is 0 Å². The van der Waals surface area contributed by atoms with Gasteiger partial charge in [0, 0.05) is 6.42 Å². The number of rotatable bonds is 2. The number of hydrogen-bond donors (Lipinski definition) is 1. The molecule has 2 saturated heterocycles. The molecule has 0 unspecified atom stereocenters. The minimum atomic E-state index is -2.03. The van der Waals surface area contributed by atoms with Crippen LogP contribution in [0.3, 0.4) is 0 Å². The third-order valence-electron chi connectivity index (χ3n) is 4.74. The van der Waals surface area contributed by atoms with Crippen molar-refractivity contribution in [2.75, 3.05) is 6.61 Å². The molecule has 1 aromatic carbocycles. The zero-order valence-electron chi connectivity index (χ0n) is 12.6. The topological polar surface area (TPSA) is 93.1 Å². The Morgan fingerprint density at radius 1 is 1.25 bits per heavy atom. The number of imide groups is 1. The van der Waals surface area contributed by atoms with Gasteiger partial charge >= 0.3 is 12.1 Å². The predicted molar refractivity (Wildman–Crippen MR) is 79.5 cm³/mol. The van der Waals surface area contributed by atoms with Crippen molar-refractivity contribution < 1.29 is 29.0 Å². The lowest BCUT2D eigenvalue weighted by molar-refractivity contribution is -0.189. The summed E-state index contributed by atoms with van der Waals surface area (Å²) in [6.07, 6.45) is 1.66. The largest absolute Gasteiger partial charge is 0.456 e. The highest BCUT2D eigenvalue weighted by Gasteiger charge is 2.58. The standard InChI is InChI=1S/C17H15NO6/c19-14(12-8-11-6-7-17(12,22)15(20)24-11)18-13(9-23-16(18)21)10-4-2-1-3-5-10/h1-7,11-13,22H,8-9H2/t11-,12-,13-,17-/m1/s1. The van der Waals surface area contributed by atoms with Crippen LogP contribution >= 0.6 is 0 Å². The van der Waals surface area contributed by atoms with Gasteiger partial charge in [-0.3, -0.25) is 4.79 Å². The van der Waals surface area contributed by atoms with Gasteiger partial charge < -0.3 is 14.6 Å². The Kier molecular flexibility index (Phi) is 3.21. The molecule has 1 N–H and O–H groups in total. The molecule has 0 aromatic heterocycles. The van der Waals surface area contributed by atoms with Gasteiger partial charge in [0.1, 0.15) is 18.8 Å². The Hall–Kier alpha value is -2.67. The number of aliphatic hydroxyl groups is 1. The summed E-state index contributed by atoms with van der Waals surface area (Å²) in [6, 6.07) is 8.45. The Morgan fingerprint density at radius 3 is 2.71 bits per heavy atom. The smallest absolute Gasteiger partial charge is 0.417 e.